The van der Waals surface area contributed by atoms with Crippen LogP contribution in [-0.4, -0.2) is 127 Å². The number of carboxylic acid groups (broad SMARTS) is 2. The SMILES string of the molecule is COC(=O)C1CCC(n2cc(Nc3nccc(-c4ccc(CCC(=O)c5cnc(C(C)(C)C)s5)c(C)c4)n3)cn2)CC1.Cc1cc(-c2ccnc(Nc3cnn(C4CCC(C(=O)O)CC4)c3)n2)ccc1CCC(=O)c1cnc(C(C)(C)C)s1.Cc1cc(-c2ccnc(Nc3cnn(C4CCC(C(=O)O)CC4)c3)n2)ccc1CCC(=O)c1cnc(C(C)(C)C)s1. The first-order valence-electron chi connectivity index (χ1n) is 42.5. The quantitative estimate of drug-likeness (QED) is 0.0236. The Hall–Kier alpha value is -11.8. The van der Waals surface area contributed by atoms with Crippen molar-refractivity contribution in [3.63, 3.8) is 0 Å². The van der Waals surface area contributed by atoms with Gasteiger partial charge < -0.3 is 30.9 Å². The summed E-state index contributed by atoms with van der Waals surface area (Å²) in [4.78, 5) is 116. The second-order valence-electron chi connectivity index (χ2n) is 35.5. The van der Waals surface area contributed by atoms with Crippen molar-refractivity contribution in [2.75, 3.05) is 23.1 Å². The van der Waals surface area contributed by atoms with Crippen LogP contribution in [0, 0.1) is 38.5 Å². The molecule has 0 spiro atoms. The van der Waals surface area contributed by atoms with E-state index in [1.54, 1.807) is 55.8 Å². The highest BCUT2D eigenvalue weighted by molar-refractivity contribution is 7.14. The van der Waals surface area contributed by atoms with Crippen LogP contribution in [0.15, 0.2) is 147 Å². The number of hydrogen-bond acceptors (Lipinski definition) is 25. The molecule has 12 aromatic rings. The van der Waals surface area contributed by atoms with Crippen LogP contribution in [0.25, 0.3) is 33.8 Å². The number of carbonyl (C=O) groups is 6. The Morgan fingerprint density at radius 1 is 0.395 bits per heavy atom. The summed E-state index contributed by atoms with van der Waals surface area (Å²) < 4.78 is 10.7. The third-order valence-corrected chi connectivity index (χ3v) is 27.4. The van der Waals surface area contributed by atoms with Crippen LogP contribution in [0.4, 0.5) is 34.9 Å². The van der Waals surface area contributed by atoms with Crippen LogP contribution >= 0.6 is 34.0 Å². The van der Waals surface area contributed by atoms with Gasteiger partial charge in [0, 0.05) is 108 Å². The minimum Gasteiger partial charge on any atom is -0.481 e. The Labute approximate surface area is 735 Å². The lowest BCUT2D eigenvalue weighted by Gasteiger charge is -2.26. The lowest BCUT2D eigenvalue weighted by atomic mass is 9.86. The van der Waals surface area contributed by atoms with Gasteiger partial charge in [0.25, 0.3) is 0 Å². The van der Waals surface area contributed by atoms with Crippen molar-refractivity contribution in [3.8, 4) is 33.8 Å². The number of rotatable bonds is 27. The van der Waals surface area contributed by atoms with E-state index in [0.29, 0.717) is 82.1 Å². The molecule has 0 bridgehead atoms. The number of ketones is 3. The van der Waals surface area contributed by atoms with Crippen molar-refractivity contribution in [1.29, 1.82) is 0 Å². The Kier molecular flexibility index (Phi) is 28.9. The van der Waals surface area contributed by atoms with E-state index in [0.717, 1.165) is 165 Å². The molecule has 3 aliphatic carbocycles. The van der Waals surface area contributed by atoms with Crippen LogP contribution in [0.1, 0.15) is 254 Å². The summed E-state index contributed by atoms with van der Waals surface area (Å²) in [5.74, 6) is -0.197. The van der Waals surface area contributed by atoms with Crippen LogP contribution in [0.5, 0.6) is 0 Å². The summed E-state index contributed by atoms with van der Waals surface area (Å²) in [7, 11) is 1.45. The van der Waals surface area contributed by atoms with E-state index in [2.05, 4.69) is 181 Å². The minimum absolute atomic E-state index is 0.0126. The number of methoxy groups -OCH3 is 1. The molecule has 27 nitrogen and oxygen atoms in total. The van der Waals surface area contributed by atoms with E-state index in [4.69, 9.17) is 19.7 Å². The highest BCUT2D eigenvalue weighted by Crippen LogP contribution is 2.39. The third-order valence-electron chi connectivity index (χ3n) is 23.0. The average Bonchev–Trinajstić information content (AvgIpc) is 1.21. The van der Waals surface area contributed by atoms with Crippen LogP contribution in [0.3, 0.4) is 0 Å². The van der Waals surface area contributed by atoms with E-state index in [-0.39, 0.29) is 75.4 Å². The van der Waals surface area contributed by atoms with Crippen LogP contribution < -0.4 is 16.0 Å². The first-order valence-corrected chi connectivity index (χ1v) is 44.9. The second-order valence-corrected chi connectivity index (χ2v) is 38.6. The number of aromatic nitrogens is 15. The number of nitrogens with one attached hydrogen (secondary N) is 3. The summed E-state index contributed by atoms with van der Waals surface area (Å²) in [6, 6.07) is 25.0. The topological polar surface area (TPSA) is 358 Å². The number of aliphatic carboxylic acids is 2. The zero-order valence-electron chi connectivity index (χ0n) is 72.7. The van der Waals surface area contributed by atoms with Gasteiger partial charge in [-0.05, 0) is 187 Å². The van der Waals surface area contributed by atoms with Gasteiger partial charge in [-0.25, -0.2) is 44.9 Å². The standard InChI is InChI=1S/C32H38N6O3S.2C31H36N6O3S/c1-20-16-23(7-6-21(20)10-13-27(39)28-18-34-30(42-28)32(2,3)4)26-14-15-33-31(37-26)36-24-17-35-38(19-24)25-11-8-22(9-12-25)29(40)41-5;2*1-19-15-22(6-5-20(19)9-12-26(38)27-17-33-29(41-27)31(2,3)4)25-13-14-32-30(36-25)35-23-16-34-37(18-23)24-10-7-21(8-11-24)28(39)40/h6-7,14-19,22,25H,8-13H2,1-5H3,(H,33,36,37);2*5-6,13-18,21,24H,7-12H2,1-4H3,(H,39,40)(H,32,35,36). The molecule has 648 valence electrons. The average molecular weight is 1730 g/mol. The van der Waals surface area contributed by atoms with Gasteiger partial charge in [0.1, 0.15) is 0 Å². The van der Waals surface area contributed by atoms with Crippen molar-refractivity contribution in [1.82, 2.24) is 74.2 Å². The summed E-state index contributed by atoms with van der Waals surface area (Å²) >= 11 is 4.48. The van der Waals surface area contributed by atoms with E-state index in [1.165, 1.54) is 41.1 Å². The Morgan fingerprint density at radius 3 is 0.927 bits per heavy atom. The molecule has 5 N–H and O–H groups in total. The van der Waals surface area contributed by atoms with E-state index < -0.39 is 11.9 Å². The molecule has 3 fully saturated rings. The second kappa shape index (κ2) is 39.8. The van der Waals surface area contributed by atoms with Crippen LogP contribution in [-0.2, 0) is 54.6 Å². The predicted molar refractivity (Wildman–Crippen MR) is 484 cm³/mol. The summed E-state index contributed by atoms with van der Waals surface area (Å²) in [5, 5.41) is 44.7. The van der Waals surface area contributed by atoms with Gasteiger partial charge >= 0.3 is 17.9 Å². The summed E-state index contributed by atoms with van der Waals surface area (Å²) in [6.07, 6.45) is 34.1. The van der Waals surface area contributed by atoms with Crippen molar-refractivity contribution in [2.24, 2.45) is 17.8 Å². The van der Waals surface area contributed by atoms with Crippen LogP contribution in [0.2, 0.25) is 0 Å². The number of thiazole rings is 3. The van der Waals surface area contributed by atoms with Crippen molar-refractivity contribution >= 4 is 104 Å². The van der Waals surface area contributed by atoms with Gasteiger partial charge in [0.15, 0.2) is 17.3 Å². The molecule has 3 saturated carbocycles. The Balaban J connectivity index is 0.000000160. The molecule has 0 radical (unpaired) electrons. The molecular weight excluding hydrogens is 1620 g/mol. The van der Waals surface area contributed by atoms with Gasteiger partial charge in [0.2, 0.25) is 17.8 Å². The fraction of sp³-hybridized carbons (Fsp3) is 0.426. The van der Waals surface area contributed by atoms with Gasteiger partial charge in [-0.15, -0.1) is 34.0 Å². The number of nitrogens with zero attached hydrogens (tertiary/aromatic N) is 15. The fourth-order valence-corrected chi connectivity index (χ4v) is 18.4. The number of carboxylic acids is 2. The molecule has 30 heteroatoms. The number of ether oxygens (including phenoxy) is 1. The number of benzene rings is 3. The van der Waals surface area contributed by atoms with Crippen molar-refractivity contribution in [3.05, 3.63) is 210 Å². The lowest BCUT2D eigenvalue weighted by molar-refractivity contribution is -0.147. The first kappa shape index (κ1) is 90.0. The van der Waals surface area contributed by atoms with E-state index >= 15 is 0 Å². The van der Waals surface area contributed by atoms with E-state index in [1.807, 2.05) is 69.0 Å². The largest absolute Gasteiger partial charge is 0.481 e. The normalized spacial score (nSPS) is 17.3. The lowest BCUT2D eigenvalue weighted by Crippen LogP contribution is -2.24. The first-order chi connectivity index (χ1) is 59.2. The molecule has 0 aliphatic heterocycles. The predicted octanol–water partition coefficient (Wildman–Crippen LogP) is 20.4. The number of esters is 1. The molecular formula is C94H110N18O9S3. The monoisotopic (exact) mass is 1730 g/mol. The zero-order valence-corrected chi connectivity index (χ0v) is 75.2. The number of aryl methyl sites for hydroxylation is 6. The van der Waals surface area contributed by atoms with Gasteiger partial charge in [-0.3, -0.25) is 42.8 Å². The zero-order chi connectivity index (χ0) is 88.2. The smallest absolute Gasteiger partial charge is 0.308 e. The van der Waals surface area contributed by atoms with Gasteiger partial charge in [-0.1, -0.05) is 98.7 Å². The molecule has 0 unspecified atom stereocenters. The number of hydrogen-bond donors (Lipinski definition) is 5. The highest BCUT2D eigenvalue weighted by atomic mass is 32.1. The molecule has 15 rings (SSSR count). The molecule has 0 atom stereocenters. The Morgan fingerprint density at radius 2 is 0.677 bits per heavy atom. The number of Topliss-reactive ketones (excluding diaryl/α,β-unsaturated/α-hetero) is 3. The fourth-order valence-electron chi connectivity index (χ4n) is 15.6. The molecule has 124 heavy (non-hydrogen) atoms. The molecule has 3 aromatic carbocycles. The number of anilines is 6. The summed E-state index contributed by atoms with van der Waals surface area (Å²) in [6.45, 7) is 25.2. The highest BCUT2D eigenvalue weighted by Gasteiger charge is 2.32. The number of carbonyl (C=O) groups excluding carboxylic acids is 4. The Bertz CT molecular complexity index is 5520. The van der Waals surface area contributed by atoms with E-state index in [9.17, 15) is 39.0 Å². The van der Waals surface area contributed by atoms with Gasteiger partial charge in [-0.2, -0.15) is 15.3 Å². The molecule has 9 aromatic heterocycles. The molecule has 0 saturated heterocycles. The molecule has 9 heterocycles. The molecule has 0 amide bonds. The van der Waals surface area contributed by atoms with Crippen molar-refractivity contribution in [2.45, 2.75) is 233 Å². The minimum atomic E-state index is -0.704. The third kappa shape index (κ3) is 23.6. The summed E-state index contributed by atoms with van der Waals surface area (Å²) in [5.41, 5.74) is 14.3. The van der Waals surface area contributed by atoms with Gasteiger partial charge in [0.05, 0.1) is 125 Å². The maximum absolute atomic E-state index is 12.8. The maximum atomic E-state index is 12.8. The molecule has 3 aliphatic rings. The van der Waals surface area contributed by atoms with Crippen molar-refractivity contribution < 1.29 is 43.7 Å². The maximum Gasteiger partial charge on any atom is 0.308 e.